The quantitative estimate of drug-likeness (QED) is 0.660. The fraction of sp³-hybridized carbons (Fsp3) is 0.0556. The van der Waals surface area contributed by atoms with Crippen LogP contribution in [0.5, 0.6) is 5.75 Å². The number of hydrogen-bond acceptors (Lipinski definition) is 3. The van der Waals surface area contributed by atoms with Gasteiger partial charge in [-0.3, -0.25) is 4.79 Å². The summed E-state index contributed by atoms with van der Waals surface area (Å²) < 4.78 is 11.2. The summed E-state index contributed by atoms with van der Waals surface area (Å²) in [5, 5.41) is 0. The van der Waals surface area contributed by atoms with Crippen molar-refractivity contribution < 1.29 is 13.9 Å². The van der Waals surface area contributed by atoms with Crippen LogP contribution in [-0.2, 0) is 4.79 Å². The Labute approximate surface area is 122 Å². The van der Waals surface area contributed by atoms with Crippen LogP contribution in [-0.4, -0.2) is 5.97 Å². The first kappa shape index (κ1) is 13.2. The van der Waals surface area contributed by atoms with Gasteiger partial charge < -0.3 is 9.15 Å². The molecule has 0 aliphatic carbocycles. The van der Waals surface area contributed by atoms with Gasteiger partial charge in [0.25, 0.3) is 0 Å². The number of rotatable bonds is 3. The second kappa shape index (κ2) is 5.67. The Bertz CT molecular complexity index is 743. The molecule has 0 N–H and O–H groups in total. The van der Waals surface area contributed by atoms with E-state index in [4.69, 9.17) is 9.15 Å². The number of carbonyl (C=O) groups excluding carboxylic acids is 1. The van der Waals surface area contributed by atoms with E-state index < -0.39 is 0 Å². The van der Waals surface area contributed by atoms with Crippen molar-refractivity contribution in [3.05, 3.63) is 66.7 Å². The van der Waals surface area contributed by atoms with E-state index in [1.54, 1.807) is 6.07 Å². The molecule has 1 heterocycles. The third-order valence-electron chi connectivity index (χ3n) is 3.05. The van der Waals surface area contributed by atoms with E-state index in [0.717, 1.165) is 11.1 Å². The molecule has 21 heavy (non-hydrogen) atoms. The van der Waals surface area contributed by atoms with Crippen molar-refractivity contribution in [2.24, 2.45) is 0 Å². The molecular weight excluding hydrogens is 264 g/mol. The summed E-state index contributed by atoms with van der Waals surface area (Å²) in [5.74, 6) is 1.30. The summed E-state index contributed by atoms with van der Waals surface area (Å²) in [4.78, 5) is 11.3. The molecule has 0 aliphatic heterocycles. The van der Waals surface area contributed by atoms with E-state index in [1.165, 1.54) is 6.92 Å². The first-order valence-electron chi connectivity index (χ1n) is 6.67. The Balaban J connectivity index is 2.10. The van der Waals surface area contributed by atoms with Crippen molar-refractivity contribution >= 4 is 5.97 Å². The average molecular weight is 278 g/mol. The van der Waals surface area contributed by atoms with Crippen molar-refractivity contribution in [1.29, 1.82) is 0 Å². The highest BCUT2D eigenvalue weighted by atomic mass is 16.5. The van der Waals surface area contributed by atoms with Crippen LogP contribution in [0.2, 0.25) is 0 Å². The summed E-state index contributed by atoms with van der Waals surface area (Å²) in [5.41, 5.74) is 1.81. The van der Waals surface area contributed by atoms with Gasteiger partial charge in [0.15, 0.2) is 11.5 Å². The van der Waals surface area contributed by atoms with E-state index >= 15 is 0 Å². The highest BCUT2D eigenvalue weighted by molar-refractivity contribution is 5.77. The van der Waals surface area contributed by atoms with Gasteiger partial charge >= 0.3 is 5.97 Å². The lowest BCUT2D eigenvalue weighted by atomic mass is 10.1. The van der Waals surface area contributed by atoms with Gasteiger partial charge in [-0.05, 0) is 0 Å². The monoisotopic (exact) mass is 278 g/mol. The molecule has 3 rings (SSSR count). The molecule has 0 saturated carbocycles. The van der Waals surface area contributed by atoms with Gasteiger partial charge in [-0.1, -0.05) is 60.7 Å². The van der Waals surface area contributed by atoms with E-state index in [9.17, 15) is 4.79 Å². The third kappa shape index (κ3) is 2.87. The SMILES string of the molecule is CC(=O)Oc1cc(-c2ccccc2)oc1-c1ccccc1. The molecule has 0 atom stereocenters. The average Bonchev–Trinajstić information content (AvgIpc) is 2.92. The first-order chi connectivity index (χ1) is 10.2. The minimum atomic E-state index is -0.368. The Morgan fingerprint density at radius 1 is 0.905 bits per heavy atom. The molecule has 0 bridgehead atoms. The number of carbonyl (C=O) groups is 1. The van der Waals surface area contributed by atoms with E-state index in [1.807, 2.05) is 60.7 Å². The largest absolute Gasteiger partial charge is 0.452 e. The van der Waals surface area contributed by atoms with Crippen LogP contribution in [0, 0.1) is 0 Å². The summed E-state index contributed by atoms with van der Waals surface area (Å²) >= 11 is 0. The predicted octanol–water partition coefficient (Wildman–Crippen LogP) is 4.54. The van der Waals surface area contributed by atoms with Crippen LogP contribution in [0.4, 0.5) is 0 Å². The molecule has 0 aliphatic rings. The standard InChI is InChI=1S/C18H14O3/c1-13(19)20-17-12-16(14-8-4-2-5-9-14)21-18(17)15-10-6-3-7-11-15/h2-12H,1H3. The number of benzene rings is 2. The number of hydrogen-bond donors (Lipinski definition) is 0. The van der Waals surface area contributed by atoms with E-state index in [-0.39, 0.29) is 5.97 Å². The zero-order valence-electron chi connectivity index (χ0n) is 11.6. The first-order valence-corrected chi connectivity index (χ1v) is 6.67. The van der Waals surface area contributed by atoms with Crippen LogP contribution >= 0.6 is 0 Å². The fourth-order valence-corrected chi connectivity index (χ4v) is 2.14. The minimum absolute atomic E-state index is 0.368. The van der Waals surface area contributed by atoms with Crippen molar-refractivity contribution in [2.45, 2.75) is 6.92 Å². The highest BCUT2D eigenvalue weighted by Gasteiger charge is 2.16. The fourth-order valence-electron chi connectivity index (χ4n) is 2.14. The highest BCUT2D eigenvalue weighted by Crippen LogP contribution is 2.37. The van der Waals surface area contributed by atoms with Crippen LogP contribution in [0.1, 0.15) is 6.92 Å². The zero-order chi connectivity index (χ0) is 14.7. The molecule has 3 heteroatoms. The number of esters is 1. The van der Waals surface area contributed by atoms with Crippen molar-refractivity contribution in [2.75, 3.05) is 0 Å². The van der Waals surface area contributed by atoms with Gasteiger partial charge in [0, 0.05) is 24.1 Å². The summed E-state index contributed by atoms with van der Waals surface area (Å²) in [6.07, 6.45) is 0. The van der Waals surface area contributed by atoms with Crippen LogP contribution < -0.4 is 4.74 Å². The molecule has 0 saturated heterocycles. The third-order valence-corrected chi connectivity index (χ3v) is 3.05. The minimum Gasteiger partial charge on any atom is -0.452 e. The Kier molecular flexibility index (Phi) is 3.56. The molecular formula is C18H14O3. The Morgan fingerprint density at radius 3 is 2.05 bits per heavy atom. The van der Waals surface area contributed by atoms with Gasteiger partial charge in [-0.2, -0.15) is 0 Å². The van der Waals surface area contributed by atoms with Crippen molar-refractivity contribution in [1.82, 2.24) is 0 Å². The molecule has 104 valence electrons. The summed E-state index contributed by atoms with van der Waals surface area (Å²) in [6, 6.07) is 21.1. The van der Waals surface area contributed by atoms with Crippen LogP contribution in [0.25, 0.3) is 22.6 Å². The molecule has 1 aromatic heterocycles. The number of ether oxygens (including phenoxy) is 1. The van der Waals surface area contributed by atoms with Crippen LogP contribution in [0.15, 0.2) is 71.1 Å². The summed E-state index contributed by atoms with van der Waals surface area (Å²) in [6.45, 7) is 1.38. The molecule has 2 aromatic carbocycles. The molecule has 0 fully saturated rings. The van der Waals surface area contributed by atoms with Gasteiger partial charge in [-0.15, -0.1) is 0 Å². The van der Waals surface area contributed by atoms with Crippen molar-refractivity contribution in [3.63, 3.8) is 0 Å². The van der Waals surface area contributed by atoms with Gasteiger partial charge in [0.1, 0.15) is 5.76 Å². The molecule has 3 aromatic rings. The van der Waals surface area contributed by atoms with E-state index in [0.29, 0.717) is 17.3 Å². The van der Waals surface area contributed by atoms with Gasteiger partial charge in [-0.25, -0.2) is 0 Å². The maximum Gasteiger partial charge on any atom is 0.308 e. The molecule has 0 radical (unpaired) electrons. The smallest absolute Gasteiger partial charge is 0.308 e. The predicted molar refractivity (Wildman–Crippen MR) is 80.9 cm³/mol. The number of furan rings is 1. The van der Waals surface area contributed by atoms with Crippen LogP contribution in [0.3, 0.4) is 0 Å². The molecule has 0 spiro atoms. The normalized spacial score (nSPS) is 10.3. The maximum absolute atomic E-state index is 11.3. The van der Waals surface area contributed by atoms with Gasteiger partial charge in [0.2, 0.25) is 0 Å². The molecule has 0 amide bonds. The molecule has 3 nitrogen and oxygen atoms in total. The second-order valence-electron chi connectivity index (χ2n) is 4.63. The Hall–Kier alpha value is -2.81. The van der Waals surface area contributed by atoms with Crippen molar-refractivity contribution in [3.8, 4) is 28.4 Å². The van der Waals surface area contributed by atoms with Gasteiger partial charge in [0.05, 0.1) is 0 Å². The Morgan fingerprint density at radius 2 is 1.48 bits per heavy atom. The zero-order valence-corrected chi connectivity index (χ0v) is 11.6. The second-order valence-corrected chi connectivity index (χ2v) is 4.63. The lowest BCUT2D eigenvalue weighted by molar-refractivity contribution is -0.131. The molecule has 0 unspecified atom stereocenters. The maximum atomic E-state index is 11.3. The topological polar surface area (TPSA) is 39.4 Å². The lowest BCUT2D eigenvalue weighted by Gasteiger charge is -2.01. The van der Waals surface area contributed by atoms with E-state index in [2.05, 4.69) is 0 Å². The lowest BCUT2D eigenvalue weighted by Crippen LogP contribution is -2.01. The summed E-state index contributed by atoms with van der Waals surface area (Å²) in [7, 11) is 0.